The monoisotopic (exact) mass is 208 g/mol. The van der Waals surface area contributed by atoms with E-state index in [2.05, 4.69) is 36.1 Å². The van der Waals surface area contributed by atoms with Crippen LogP contribution >= 0.6 is 0 Å². The quantitative estimate of drug-likeness (QED) is 0.780. The SMILES string of the molecule is CCC(CC)(CC)Nc1ncncc1N. The van der Waals surface area contributed by atoms with Crippen molar-refractivity contribution in [1.29, 1.82) is 0 Å². The Morgan fingerprint density at radius 2 is 1.87 bits per heavy atom. The molecule has 0 unspecified atom stereocenters. The molecule has 1 rings (SSSR count). The lowest BCUT2D eigenvalue weighted by atomic mass is 9.90. The molecular formula is C11H20N4. The molecule has 15 heavy (non-hydrogen) atoms. The smallest absolute Gasteiger partial charge is 0.153 e. The van der Waals surface area contributed by atoms with Gasteiger partial charge in [-0.25, -0.2) is 9.97 Å². The topological polar surface area (TPSA) is 63.8 Å². The molecule has 0 amide bonds. The van der Waals surface area contributed by atoms with E-state index < -0.39 is 0 Å². The van der Waals surface area contributed by atoms with Crippen LogP contribution in [0.5, 0.6) is 0 Å². The van der Waals surface area contributed by atoms with Crippen LogP contribution in [0.4, 0.5) is 11.5 Å². The number of aromatic nitrogens is 2. The molecule has 0 fully saturated rings. The van der Waals surface area contributed by atoms with Crippen LogP contribution in [0.1, 0.15) is 40.0 Å². The van der Waals surface area contributed by atoms with Crippen molar-refractivity contribution in [2.75, 3.05) is 11.1 Å². The molecule has 4 heteroatoms. The minimum Gasteiger partial charge on any atom is -0.394 e. The van der Waals surface area contributed by atoms with Gasteiger partial charge in [0.15, 0.2) is 5.82 Å². The van der Waals surface area contributed by atoms with Crippen LogP contribution in [-0.4, -0.2) is 15.5 Å². The molecule has 1 aromatic heterocycles. The van der Waals surface area contributed by atoms with E-state index in [0.29, 0.717) is 5.69 Å². The van der Waals surface area contributed by atoms with Crippen LogP contribution in [-0.2, 0) is 0 Å². The molecule has 0 spiro atoms. The number of rotatable bonds is 5. The summed E-state index contributed by atoms with van der Waals surface area (Å²) in [6.07, 6.45) is 6.32. The highest BCUT2D eigenvalue weighted by Crippen LogP contribution is 2.26. The largest absolute Gasteiger partial charge is 0.394 e. The first kappa shape index (κ1) is 11.8. The van der Waals surface area contributed by atoms with Crippen molar-refractivity contribution in [2.24, 2.45) is 0 Å². The zero-order valence-corrected chi connectivity index (χ0v) is 9.75. The number of nitrogens with zero attached hydrogens (tertiary/aromatic N) is 2. The molecule has 3 N–H and O–H groups in total. The van der Waals surface area contributed by atoms with E-state index in [1.54, 1.807) is 6.20 Å². The van der Waals surface area contributed by atoms with Gasteiger partial charge in [-0.15, -0.1) is 0 Å². The van der Waals surface area contributed by atoms with Gasteiger partial charge in [0.25, 0.3) is 0 Å². The maximum Gasteiger partial charge on any atom is 0.153 e. The molecule has 0 saturated heterocycles. The molecule has 0 aliphatic rings. The Labute approximate surface area is 91.3 Å². The molecule has 1 aromatic rings. The Hall–Kier alpha value is -1.32. The molecule has 4 nitrogen and oxygen atoms in total. The summed E-state index contributed by atoms with van der Waals surface area (Å²) in [6, 6.07) is 0. The number of hydrogen-bond acceptors (Lipinski definition) is 4. The Bertz CT molecular complexity index is 299. The van der Waals surface area contributed by atoms with E-state index in [1.807, 2.05) is 0 Å². The lowest BCUT2D eigenvalue weighted by Gasteiger charge is -2.32. The van der Waals surface area contributed by atoms with Gasteiger partial charge in [0, 0.05) is 5.54 Å². The van der Waals surface area contributed by atoms with Crippen LogP contribution in [0.15, 0.2) is 12.5 Å². The van der Waals surface area contributed by atoms with Gasteiger partial charge in [0.05, 0.1) is 11.9 Å². The van der Waals surface area contributed by atoms with E-state index in [4.69, 9.17) is 5.73 Å². The average Bonchev–Trinajstić information content (AvgIpc) is 2.29. The summed E-state index contributed by atoms with van der Waals surface area (Å²) in [4.78, 5) is 8.04. The maximum atomic E-state index is 5.80. The number of hydrogen-bond donors (Lipinski definition) is 2. The predicted octanol–water partition coefficient (Wildman–Crippen LogP) is 2.44. The Kier molecular flexibility index (Phi) is 3.88. The highest BCUT2D eigenvalue weighted by atomic mass is 15.1. The van der Waals surface area contributed by atoms with Crippen LogP contribution in [0.2, 0.25) is 0 Å². The first-order chi connectivity index (χ1) is 7.17. The third-order valence-electron chi connectivity index (χ3n) is 3.15. The van der Waals surface area contributed by atoms with Crippen molar-refractivity contribution in [2.45, 2.75) is 45.6 Å². The van der Waals surface area contributed by atoms with E-state index >= 15 is 0 Å². The first-order valence-corrected chi connectivity index (χ1v) is 5.51. The number of nitrogen functional groups attached to an aromatic ring is 1. The van der Waals surface area contributed by atoms with Crippen molar-refractivity contribution in [3.05, 3.63) is 12.5 Å². The third-order valence-corrected chi connectivity index (χ3v) is 3.15. The van der Waals surface area contributed by atoms with Gasteiger partial charge in [-0.3, -0.25) is 0 Å². The fourth-order valence-electron chi connectivity index (χ4n) is 1.71. The van der Waals surface area contributed by atoms with Gasteiger partial charge < -0.3 is 11.1 Å². The molecule has 1 heterocycles. The van der Waals surface area contributed by atoms with Crippen LogP contribution in [0.25, 0.3) is 0 Å². The van der Waals surface area contributed by atoms with Gasteiger partial charge in [0.2, 0.25) is 0 Å². The van der Waals surface area contributed by atoms with Gasteiger partial charge in [-0.05, 0) is 19.3 Å². The Morgan fingerprint density at radius 3 is 2.33 bits per heavy atom. The summed E-state index contributed by atoms with van der Waals surface area (Å²) in [6.45, 7) is 6.53. The zero-order valence-electron chi connectivity index (χ0n) is 9.75. The molecule has 0 atom stereocenters. The minimum absolute atomic E-state index is 0.0997. The summed E-state index contributed by atoms with van der Waals surface area (Å²) in [5, 5.41) is 3.43. The molecule has 84 valence electrons. The number of nitrogens with one attached hydrogen (secondary N) is 1. The fourth-order valence-corrected chi connectivity index (χ4v) is 1.71. The minimum atomic E-state index is 0.0997. The van der Waals surface area contributed by atoms with Gasteiger partial charge in [0.1, 0.15) is 6.33 Å². The molecule has 0 aromatic carbocycles. The number of nitrogens with two attached hydrogens (primary N) is 1. The van der Waals surface area contributed by atoms with E-state index in [9.17, 15) is 0 Å². The Morgan fingerprint density at radius 1 is 1.27 bits per heavy atom. The second-order valence-electron chi connectivity index (χ2n) is 3.79. The molecule has 0 saturated carbocycles. The zero-order chi connectivity index (χ0) is 11.3. The normalized spacial score (nSPS) is 11.4. The summed E-state index contributed by atoms with van der Waals surface area (Å²) < 4.78 is 0. The average molecular weight is 208 g/mol. The molecule has 0 aliphatic carbocycles. The van der Waals surface area contributed by atoms with Crippen molar-refractivity contribution in [3.63, 3.8) is 0 Å². The van der Waals surface area contributed by atoms with Crippen LogP contribution < -0.4 is 11.1 Å². The van der Waals surface area contributed by atoms with Gasteiger partial charge in [-0.2, -0.15) is 0 Å². The highest BCUT2D eigenvalue weighted by Gasteiger charge is 2.24. The lowest BCUT2D eigenvalue weighted by molar-refractivity contribution is 0.419. The summed E-state index contributed by atoms with van der Waals surface area (Å²) in [7, 11) is 0. The molecule has 0 aliphatic heterocycles. The second-order valence-corrected chi connectivity index (χ2v) is 3.79. The first-order valence-electron chi connectivity index (χ1n) is 5.51. The van der Waals surface area contributed by atoms with Crippen molar-refractivity contribution in [1.82, 2.24) is 9.97 Å². The van der Waals surface area contributed by atoms with Crippen LogP contribution in [0, 0.1) is 0 Å². The third kappa shape index (κ3) is 2.58. The van der Waals surface area contributed by atoms with E-state index in [0.717, 1.165) is 25.1 Å². The summed E-state index contributed by atoms with van der Waals surface area (Å²) in [5.74, 6) is 0.746. The lowest BCUT2D eigenvalue weighted by Crippen LogP contribution is -2.36. The summed E-state index contributed by atoms with van der Waals surface area (Å²) in [5.41, 5.74) is 6.51. The van der Waals surface area contributed by atoms with Crippen molar-refractivity contribution in [3.8, 4) is 0 Å². The van der Waals surface area contributed by atoms with E-state index in [-0.39, 0.29) is 5.54 Å². The van der Waals surface area contributed by atoms with Crippen LogP contribution in [0.3, 0.4) is 0 Å². The molecule has 0 bridgehead atoms. The predicted molar refractivity (Wildman–Crippen MR) is 63.7 cm³/mol. The molecule has 0 radical (unpaired) electrons. The molecular weight excluding hydrogens is 188 g/mol. The van der Waals surface area contributed by atoms with Crippen molar-refractivity contribution < 1.29 is 0 Å². The van der Waals surface area contributed by atoms with E-state index in [1.165, 1.54) is 6.33 Å². The maximum absolute atomic E-state index is 5.80. The highest BCUT2D eigenvalue weighted by molar-refractivity contribution is 5.60. The number of anilines is 2. The fraction of sp³-hybridized carbons (Fsp3) is 0.636. The van der Waals surface area contributed by atoms with Gasteiger partial charge in [-0.1, -0.05) is 20.8 Å². The Balaban J connectivity index is 2.88. The summed E-state index contributed by atoms with van der Waals surface area (Å²) >= 11 is 0. The van der Waals surface area contributed by atoms with Crippen molar-refractivity contribution >= 4 is 11.5 Å². The standard InChI is InChI=1S/C11H20N4/c1-4-11(5-2,6-3)15-10-9(12)7-13-8-14-10/h7-8H,4-6,12H2,1-3H3,(H,13,14,15). The van der Waals surface area contributed by atoms with Gasteiger partial charge >= 0.3 is 0 Å². The second kappa shape index (κ2) is 4.96.